The SMILES string of the molecule is CC(=O)N[C@H](CC(=O)Nc1nc(-c2cc(C)ccc2C)cs1)c1ccc(C)cc1. The first kappa shape index (κ1) is 20.7. The minimum Gasteiger partial charge on any atom is -0.349 e. The monoisotopic (exact) mass is 407 g/mol. The highest BCUT2D eigenvalue weighted by atomic mass is 32.1. The average molecular weight is 408 g/mol. The number of aryl methyl sites for hydroxylation is 3. The maximum atomic E-state index is 12.6. The van der Waals surface area contributed by atoms with Gasteiger partial charge in [0.2, 0.25) is 11.8 Å². The summed E-state index contributed by atoms with van der Waals surface area (Å²) in [7, 11) is 0. The number of hydrogen-bond acceptors (Lipinski definition) is 4. The van der Waals surface area contributed by atoms with Crippen LogP contribution in [0, 0.1) is 20.8 Å². The molecule has 3 aromatic rings. The number of hydrogen-bond donors (Lipinski definition) is 2. The van der Waals surface area contributed by atoms with Gasteiger partial charge < -0.3 is 10.6 Å². The van der Waals surface area contributed by atoms with Gasteiger partial charge in [-0.1, -0.05) is 47.5 Å². The summed E-state index contributed by atoms with van der Waals surface area (Å²) in [6.07, 6.45) is 0.140. The molecule has 0 fully saturated rings. The van der Waals surface area contributed by atoms with E-state index in [4.69, 9.17) is 0 Å². The van der Waals surface area contributed by atoms with E-state index in [9.17, 15) is 9.59 Å². The molecule has 0 radical (unpaired) electrons. The lowest BCUT2D eigenvalue weighted by molar-refractivity contribution is -0.120. The van der Waals surface area contributed by atoms with Gasteiger partial charge in [0, 0.05) is 17.9 Å². The molecule has 1 atom stereocenters. The van der Waals surface area contributed by atoms with Gasteiger partial charge in [-0.05, 0) is 38.0 Å². The summed E-state index contributed by atoms with van der Waals surface area (Å²) < 4.78 is 0. The third kappa shape index (κ3) is 5.51. The molecule has 0 saturated heterocycles. The van der Waals surface area contributed by atoms with Gasteiger partial charge in [0.25, 0.3) is 0 Å². The molecule has 0 bridgehead atoms. The minimum absolute atomic E-state index is 0.140. The summed E-state index contributed by atoms with van der Waals surface area (Å²) in [4.78, 5) is 28.8. The number of amides is 2. The molecule has 0 aliphatic heterocycles. The Bertz CT molecular complexity index is 1020. The summed E-state index contributed by atoms with van der Waals surface area (Å²) in [5.41, 5.74) is 6.25. The van der Waals surface area contributed by atoms with Gasteiger partial charge in [0.1, 0.15) is 0 Å². The molecule has 2 amide bonds. The van der Waals surface area contributed by atoms with Crippen molar-refractivity contribution in [3.8, 4) is 11.3 Å². The second-order valence-electron chi connectivity index (χ2n) is 7.27. The summed E-state index contributed by atoms with van der Waals surface area (Å²) in [5.74, 6) is -0.360. The molecular weight excluding hydrogens is 382 g/mol. The van der Waals surface area contributed by atoms with Crippen LogP contribution in [0.25, 0.3) is 11.3 Å². The fourth-order valence-corrected chi connectivity index (χ4v) is 3.85. The molecular formula is C23H25N3O2S. The molecule has 5 nitrogen and oxygen atoms in total. The number of benzene rings is 2. The number of nitrogens with zero attached hydrogens (tertiary/aromatic N) is 1. The van der Waals surface area contributed by atoms with Crippen molar-refractivity contribution in [3.63, 3.8) is 0 Å². The van der Waals surface area contributed by atoms with Gasteiger partial charge in [0.15, 0.2) is 5.13 Å². The Kier molecular flexibility index (Phi) is 6.44. The number of carbonyl (C=O) groups is 2. The van der Waals surface area contributed by atoms with Crippen molar-refractivity contribution in [1.29, 1.82) is 0 Å². The van der Waals surface area contributed by atoms with Gasteiger partial charge in [-0.2, -0.15) is 0 Å². The number of carbonyl (C=O) groups excluding carboxylic acids is 2. The van der Waals surface area contributed by atoms with Crippen LogP contribution < -0.4 is 10.6 Å². The van der Waals surface area contributed by atoms with E-state index in [1.807, 2.05) is 50.4 Å². The lowest BCUT2D eigenvalue weighted by Crippen LogP contribution is -2.29. The molecule has 0 spiro atoms. The zero-order valence-corrected chi connectivity index (χ0v) is 17.9. The average Bonchev–Trinajstić information content (AvgIpc) is 3.11. The first-order chi connectivity index (χ1) is 13.8. The molecule has 0 unspecified atom stereocenters. The van der Waals surface area contributed by atoms with E-state index in [2.05, 4.69) is 33.8 Å². The Morgan fingerprint density at radius 2 is 1.72 bits per heavy atom. The van der Waals surface area contributed by atoms with Crippen molar-refractivity contribution >= 4 is 28.3 Å². The van der Waals surface area contributed by atoms with E-state index in [1.165, 1.54) is 23.8 Å². The lowest BCUT2D eigenvalue weighted by Gasteiger charge is -2.18. The number of aromatic nitrogens is 1. The van der Waals surface area contributed by atoms with Gasteiger partial charge >= 0.3 is 0 Å². The van der Waals surface area contributed by atoms with Crippen LogP contribution in [-0.2, 0) is 9.59 Å². The summed E-state index contributed by atoms with van der Waals surface area (Å²) >= 11 is 1.40. The second-order valence-corrected chi connectivity index (χ2v) is 8.13. The standard InChI is InChI=1S/C23H25N3O2S/c1-14-6-9-18(10-7-14)20(24-17(4)27)12-22(28)26-23-25-21(13-29-23)19-11-15(2)5-8-16(19)3/h5-11,13,20H,12H2,1-4H3,(H,24,27)(H,25,26,28)/t20-/m1/s1. The fourth-order valence-electron chi connectivity index (χ4n) is 3.12. The van der Waals surface area contributed by atoms with Gasteiger partial charge in [-0.15, -0.1) is 11.3 Å². The predicted octanol–water partition coefficient (Wildman–Crippen LogP) is 4.94. The maximum Gasteiger partial charge on any atom is 0.228 e. The summed E-state index contributed by atoms with van der Waals surface area (Å²) in [6.45, 7) is 7.55. The largest absolute Gasteiger partial charge is 0.349 e. The highest BCUT2D eigenvalue weighted by molar-refractivity contribution is 7.14. The van der Waals surface area contributed by atoms with E-state index in [0.29, 0.717) is 5.13 Å². The van der Waals surface area contributed by atoms with Crippen molar-refractivity contribution in [2.45, 2.75) is 40.2 Å². The Hall–Kier alpha value is -2.99. The molecule has 2 N–H and O–H groups in total. The van der Waals surface area contributed by atoms with Crippen LogP contribution in [0.2, 0.25) is 0 Å². The molecule has 0 saturated carbocycles. The maximum absolute atomic E-state index is 12.6. The zero-order valence-electron chi connectivity index (χ0n) is 17.1. The topological polar surface area (TPSA) is 71.1 Å². The van der Waals surface area contributed by atoms with E-state index in [0.717, 1.165) is 27.9 Å². The molecule has 0 aliphatic carbocycles. The van der Waals surface area contributed by atoms with Crippen molar-refractivity contribution in [3.05, 3.63) is 70.1 Å². The van der Waals surface area contributed by atoms with Crippen molar-refractivity contribution in [2.75, 3.05) is 5.32 Å². The van der Waals surface area contributed by atoms with Crippen LogP contribution in [0.5, 0.6) is 0 Å². The Balaban J connectivity index is 1.72. The summed E-state index contributed by atoms with van der Waals surface area (Å²) in [6, 6.07) is 13.7. The van der Waals surface area contributed by atoms with Crippen molar-refractivity contribution in [2.24, 2.45) is 0 Å². The van der Waals surface area contributed by atoms with Gasteiger partial charge in [-0.25, -0.2) is 4.98 Å². The number of thiazole rings is 1. The highest BCUT2D eigenvalue weighted by Crippen LogP contribution is 2.28. The van der Waals surface area contributed by atoms with Crippen LogP contribution >= 0.6 is 11.3 Å². The molecule has 6 heteroatoms. The van der Waals surface area contributed by atoms with Crippen LogP contribution in [0.4, 0.5) is 5.13 Å². The Labute approximate surface area is 175 Å². The fraction of sp³-hybridized carbons (Fsp3) is 0.261. The highest BCUT2D eigenvalue weighted by Gasteiger charge is 2.18. The number of rotatable bonds is 6. The third-order valence-electron chi connectivity index (χ3n) is 4.67. The second kappa shape index (κ2) is 9.01. The number of anilines is 1. The Morgan fingerprint density at radius 3 is 2.41 bits per heavy atom. The third-order valence-corrected chi connectivity index (χ3v) is 5.42. The predicted molar refractivity (Wildman–Crippen MR) is 118 cm³/mol. The molecule has 2 aromatic carbocycles. The zero-order chi connectivity index (χ0) is 21.0. The molecule has 1 heterocycles. The first-order valence-corrected chi connectivity index (χ1v) is 10.4. The smallest absolute Gasteiger partial charge is 0.228 e. The quantitative estimate of drug-likeness (QED) is 0.608. The first-order valence-electron chi connectivity index (χ1n) is 9.48. The molecule has 29 heavy (non-hydrogen) atoms. The van der Waals surface area contributed by atoms with Gasteiger partial charge in [-0.3, -0.25) is 9.59 Å². The van der Waals surface area contributed by atoms with E-state index >= 15 is 0 Å². The lowest BCUT2D eigenvalue weighted by atomic mass is 10.0. The molecule has 0 aliphatic rings. The van der Waals surface area contributed by atoms with E-state index in [1.54, 1.807) is 0 Å². The minimum atomic E-state index is -0.383. The summed E-state index contributed by atoms with van der Waals surface area (Å²) in [5, 5.41) is 8.23. The Morgan fingerprint density at radius 1 is 1.03 bits per heavy atom. The normalized spacial score (nSPS) is 11.7. The molecule has 3 rings (SSSR count). The van der Waals surface area contributed by atoms with Crippen LogP contribution in [-0.4, -0.2) is 16.8 Å². The van der Waals surface area contributed by atoms with Gasteiger partial charge in [0.05, 0.1) is 18.2 Å². The molecule has 1 aromatic heterocycles. The van der Waals surface area contributed by atoms with Crippen LogP contribution in [0.1, 0.15) is 41.6 Å². The van der Waals surface area contributed by atoms with Crippen LogP contribution in [0.15, 0.2) is 47.8 Å². The number of nitrogens with one attached hydrogen (secondary N) is 2. The molecule has 150 valence electrons. The van der Waals surface area contributed by atoms with E-state index in [-0.39, 0.29) is 24.3 Å². The van der Waals surface area contributed by atoms with Crippen molar-refractivity contribution < 1.29 is 9.59 Å². The van der Waals surface area contributed by atoms with Crippen molar-refractivity contribution in [1.82, 2.24) is 10.3 Å². The van der Waals surface area contributed by atoms with E-state index < -0.39 is 0 Å². The van der Waals surface area contributed by atoms with Crippen LogP contribution in [0.3, 0.4) is 0 Å².